The molecule has 0 aliphatic heterocycles. The van der Waals surface area contributed by atoms with Crippen LogP contribution in [0.25, 0.3) is 22.4 Å². The minimum atomic E-state index is 0.629. The summed E-state index contributed by atoms with van der Waals surface area (Å²) < 4.78 is 5.56. The van der Waals surface area contributed by atoms with E-state index in [1.165, 1.54) is 0 Å². The molecular weight excluding hydrogens is 262 g/mol. The lowest BCUT2D eigenvalue weighted by molar-refractivity contribution is 0.548. The van der Waals surface area contributed by atoms with Gasteiger partial charge in [0.15, 0.2) is 5.82 Å². The number of hydrogen-bond donors (Lipinski definition) is 1. The Morgan fingerprint density at radius 1 is 1.19 bits per heavy atom. The maximum absolute atomic E-state index is 5.56. The maximum Gasteiger partial charge on any atom is 0.163 e. The molecule has 1 aromatic carbocycles. The molecule has 3 aromatic rings. The number of aromatic nitrogens is 2. The summed E-state index contributed by atoms with van der Waals surface area (Å²) in [7, 11) is 0. The zero-order chi connectivity index (χ0) is 14.7. The molecule has 108 valence electrons. The van der Waals surface area contributed by atoms with E-state index in [1.54, 1.807) is 12.5 Å². The van der Waals surface area contributed by atoms with Crippen molar-refractivity contribution in [3.8, 4) is 11.4 Å². The summed E-state index contributed by atoms with van der Waals surface area (Å²) >= 11 is 0. The average molecular weight is 281 g/mol. The van der Waals surface area contributed by atoms with Gasteiger partial charge in [0.1, 0.15) is 11.8 Å². The molecule has 0 aliphatic rings. The van der Waals surface area contributed by atoms with E-state index in [1.807, 2.05) is 30.3 Å². The Morgan fingerprint density at radius 2 is 2.05 bits per heavy atom. The highest BCUT2D eigenvalue weighted by molar-refractivity contribution is 5.91. The van der Waals surface area contributed by atoms with Gasteiger partial charge in [0, 0.05) is 18.1 Å². The number of benzene rings is 1. The fourth-order valence-electron chi connectivity index (χ4n) is 2.26. The van der Waals surface area contributed by atoms with Gasteiger partial charge < -0.3 is 9.73 Å². The van der Waals surface area contributed by atoms with Crippen LogP contribution in [0, 0.1) is 5.92 Å². The minimum Gasteiger partial charge on any atom is -0.464 e. The van der Waals surface area contributed by atoms with Gasteiger partial charge in [-0.3, -0.25) is 0 Å². The predicted molar refractivity (Wildman–Crippen MR) is 83.8 cm³/mol. The molecule has 0 saturated heterocycles. The molecule has 0 fully saturated rings. The molecule has 0 atom stereocenters. The lowest BCUT2D eigenvalue weighted by atomic mass is 10.1. The molecule has 0 bridgehead atoms. The van der Waals surface area contributed by atoms with E-state index in [0.29, 0.717) is 11.7 Å². The third-order valence-electron chi connectivity index (χ3n) is 3.29. The SMILES string of the molecule is CC(C)CNCc1ccnc(-c2coc3ccccc23)n1. The third-order valence-corrected chi connectivity index (χ3v) is 3.29. The number of hydrogen-bond acceptors (Lipinski definition) is 4. The van der Waals surface area contributed by atoms with Crippen molar-refractivity contribution >= 4 is 11.0 Å². The molecule has 0 saturated carbocycles. The van der Waals surface area contributed by atoms with E-state index in [0.717, 1.165) is 35.3 Å². The quantitative estimate of drug-likeness (QED) is 0.775. The van der Waals surface area contributed by atoms with Gasteiger partial charge in [0.05, 0.1) is 11.3 Å². The summed E-state index contributed by atoms with van der Waals surface area (Å²) in [6.07, 6.45) is 3.53. The topological polar surface area (TPSA) is 51.0 Å². The molecule has 4 nitrogen and oxygen atoms in total. The Balaban J connectivity index is 1.85. The molecule has 0 amide bonds. The first kappa shape index (κ1) is 13.8. The van der Waals surface area contributed by atoms with E-state index in [-0.39, 0.29) is 0 Å². The fraction of sp³-hybridized carbons (Fsp3) is 0.294. The van der Waals surface area contributed by atoms with Crippen LogP contribution in [0.5, 0.6) is 0 Å². The molecule has 0 aliphatic carbocycles. The van der Waals surface area contributed by atoms with Crippen LogP contribution in [-0.2, 0) is 6.54 Å². The van der Waals surface area contributed by atoms with Crippen LogP contribution in [-0.4, -0.2) is 16.5 Å². The van der Waals surface area contributed by atoms with Gasteiger partial charge in [-0.25, -0.2) is 9.97 Å². The van der Waals surface area contributed by atoms with Crippen molar-refractivity contribution in [2.75, 3.05) is 6.54 Å². The Bertz CT molecular complexity index is 733. The number of fused-ring (bicyclic) bond motifs is 1. The van der Waals surface area contributed by atoms with Crippen molar-refractivity contribution in [1.29, 1.82) is 0 Å². The summed E-state index contributed by atoms with van der Waals surface area (Å²) in [5, 5.41) is 4.44. The van der Waals surface area contributed by atoms with E-state index in [4.69, 9.17) is 4.42 Å². The van der Waals surface area contributed by atoms with Crippen molar-refractivity contribution in [3.05, 3.63) is 48.5 Å². The highest BCUT2D eigenvalue weighted by atomic mass is 16.3. The number of para-hydroxylation sites is 1. The first-order valence-corrected chi connectivity index (χ1v) is 7.23. The Kier molecular flexibility index (Phi) is 3.97. The van der Waals surface area contributed by atoms with E-state index >= 15 is 0 Å². The largest absolute Gasteiger partial charge is 0.464 e. The van der Waals surface area contributed by atoms with Crippen LogP contribution >= 0.6 is 0 Å². The number of furan rings is 1. The van der Waals surface area contributed by atoms with Crippen LogP contribution in [0.2, 0.25) is 0 Å². The van der Waals surface area contributed by atoms with Gasteiger partial charge in [-0.1, -0.05) is 32.0 Å². The lowest BCUT2D eigenvalue weighted by Crippen LogP contribution is -2.19. The first-order chi connectivity index (χ1) is 10.2. The molecule has 0 spiro atoms. The zero-order valence-electron chi connectivity index (χ0n) is 12.3. The molecule has 3 rings (SSSR count). The van der Waals surface area contributed by atoms with Gasteiger partial charge in [-0.15, -0.1) is 0 Å². The van der Waals surface area contributed by atoms with Gasteiger partial charge >= 0.3 is 0 Å². The van der Waals surface area contributed by atoms with Crippen molar-refractivity contribution in [2.45, 2.75) is 20.4 Å². The summed E-state index contributed by atoms with van der Waals surface area (Å²) in [6.45, 7) is 6.11. The van der Waals surface area contributed by atoms with Gasteiger partial charge in [-0.05, 0) is 24.6 Å². The molecule has 0 unspecified atom stereocenters. The van der Waals surface area contributed by atoms with Crippen molar-refractivity contribution in [3.63, 3.8) is 0 Å². The molecular formula is C17H19N3O. The van der Waals surface area contributed by atoms with Crippen molar-refractivity contribution < 1.29 is 4.42 Å². The van der Waals surface area contributed by atoms with Crippen molar-refractivity contribution in [2.24, 2.45) is 5.92 Å². The van der Waals surface area contributed by atoms with Gasteiger partial charge in [0.25, 0.3) is 0 Å². The maximum atomic E-state index is 5.56. The second kappa shape index (κ2) is 6.06. The molecule has 0 radical (unpaired) electrons. The van der Waals surface area contributed by atoms with E-state index in [2.05, 4.69) is 29.1 Å². The highest BCUT2D eigenvalue weighted by Gasteiger charge is 2.10. The normalized spacial score (nSPS) is 11.4. The summed E-state index contributed by atoms with van der Waals surface area (Å²) in [5.74, 6) is 1.34. The summed E-state index contributed by atoms with van der Waals surface area (Å²) in [5.41, 5.74) is 2.79. The average Bonchev–Trinajstić information content (AvgIpc) is 2.91. The third kappa shape index (κ3) is 3.11. The fourth-order valence-corrected chi connectivity index (χ4v) is 2.26. The smallest absolute Gasteiger partial charge is 0.163 e. The summed E-state index contributed by atoms with van der Waals surface area (Å²) in [6, 6.07) is 9.88. The van der Waals surface area contributed by atoms with Gasteiger partial charge in [0.2, 0.25) is 0 Å². The molecule has 1 N–H and O–H groups in total. The van der Waals surface area contributed by atoms with Crippen LogP contribution in [0.1, 0.15) is 19.5 Å². The molecule has 21 heavy (non-hydrogen) atoms. The van der Waals surface area contributed by atoms with E-state index in [9.17, 15) is 0 Å². The van der Waals surface area contributed by atoms with Crippen LogP contribution in [0.15, 0.2) is 47.2 Å². The second-order valence-electron chi connectivity index (χ2n) is 5.54. The number of nitrogens with one attached hydrogen (secondary N) is 1. The summed E-state index contributed by atoms with van der Waals surface area (Å²) in [4.78, 5) is 9.00. The second-order valence-corrected chi connectivity index (χ2v) is 5.54. The standard InChI is InChI=1S/C17H19N3O/c1-12(2)9-18-10-13-7-8-19-17(20-13)15-11-21-16-6-4-3-5-14(15)16/h3-8,11-12,18H,9-10H2,1-2H3. The molecule has 2 heterocycles. The molecule has 4 heteroatoms. The van der Waals surface area contributed by atoms with Crippen molar-refractivity contribution in [1.82, 2.24) is 15.3 Å². The van der Waals surface area contributed by atoms with Crippen LogP contribution < -0.4 is 5.32 Å². The monoisotopic (exact) mass is 281 g/mol. The minimum absolute atomic E-state index is 0.629. The molecule has 2 aromatic heterocycles. The Hall–Kier alpha value is -2.20. The van der Waals surface area contributed by atoms with Gasteiger partial charge in [-0.2, -0.15) is 0 Å². The number of rotatable bonds is 5. The predicted octanol–water partition coefficient (Wildman–Crippen LogP) is 3.64. The van der Waals surface area contributed by atoms with Crippen LogP contribution in [0.4, 0.5) is 0 Å². The Morgan fingerprint density at radius 3 is 2.90 bits per heavy atom. The Labute approximate surface area is 124 Å². The van der Waals surface area contributed by atoms with E-state index < -0.39 is 0 Å². The van der Waals surface area contributed by atoms with Crippen LogP contribution in [0.3, 0.4) is 0 Å². The number of nitrogens with zero attached hydrogens (tertiary/aromatic N) is 2. The first-order valence-electron chi connectivity index (χ1n) is 7.23. The highest BCUT2D eigenvalue weighted by Crippen LogP contribution is 2.27. The lowest BCUT2D eigenvalue weighted by Gasteiger charge is -2.07. The zero-order valence-corrected chi connectivity index (χ0v) is 12.3.